The third kappa shape index (κ3) is 7.50. The zero-order valence-electron chi connectivity index (χ0n) is 17.9. The van der Waals surface area contributed by atoms with E-state index in [0.29, 0.717) is 13.1 Å². The molecule has 4 N–H and O–H groups in total. The Kier molecular flexibility index (Phi) is 11.0. The van der Waals surface area contributed by atoms with Gasteiger partial charge in [-0.2, -0.15) is 5.10 Å². The summed E-state index contributed by atoms with van der Waals surface area (Å²) >= 11 is 0. The molecule has 2 atom stereocenters. The second-order valence-electron chi connectivity index (χ2n) is 7.68. The van der Waals surface area contributed by atoms with Crippen molar-refractivity contribution in [2.75, 3.05) is 20.1 Å². The average molecular weight is 471 g/mol. The number of piperidine rings is 1. The number of amides is 2. The van der Waals surface area contributed by atoms with Crippen LogP contribution in [0.5, 0.6) is 0 Å². The summed E-state index contributed by atoms with van der Waals surface area (Å²) in [5, 5.41) is 10.2. The molecule has 31 heavy (non-hydrogen) atoms. The Morgan fingerprint density at radius 2 is 2.03 bits per heavy atom. The van der Waals surface area contributed by atoms with Gasteiger partial charge in [0.2, 0.25) is 11.8 Å². The Balaban J connectivity index is 0.00000240. The highest BCUT2D eigenvalue weighted by molar-refractivity contribution is 5.85. The minimum absolute atomic E-state index is 0. The molecule has 1 saturated heterocycles. The lowest BCUT2D eigenvalue weighted by Crippen LogP contribution is -2.40. The van der Waals surface area contributed by atoms with Crippen molar-refractivity contribution in [1.82, 2.24) is 25.3 Å². The number of rotatable bonds is 8. The molecule has 1 aliphatic rings. The standard InChI is InChI=1S/C21H30N6O2.2ClH/c1-23-19(18-11-25-26(2)13-18)21(29)24-10-15-5-3-6-16(9-15)12-27-8-4-7-17(14-27)20(22)28;;/h3,5-6,9,11,13,17,19,23H,4,7-8,10,12,14H2,1-2H3,(H2,22,28)(H,24,29);2*1H. The normalized spacial score (nSPS) is 17.2. The highest BCUT2D eigenvalue weighted by Gasteiger charge is 2.24. The van der Waals surface area contributed by atoms with E-state index in [1.54, 1.807) is 17.9 Å². The summed E-state index contributed by atoms with van der Waals surface area (Å²) in [5.74, 6) is -0.359. The summed E-state index contributed by atoms with van der Waals surface area (Å²) in [6.45, 7) is 2.92. The fourth-order valence-corrected chi connectivity index (χ4v) is 3.86. The Morgan fingerprint density at radius 3 is 2.68 bits per heavy atom. The minimum Gasteiger partial charge on any atom is -0.369 e. The first-order valence-corrected chi connectivity index (χ1v) is 9.99. The van der Waals surface area contributed by atoms with E-state index in [4.69, 9.17) is 5.73 Å². The summed E-state index contributed by atoms with van der Waals surface area (Å²) in [7, 11) is 3.59. The smallest absolute Gasteiger partial charge is 0.242 e. The number of carbonyl (C=O) groups is 2. The molecule has 8 nitrogen and oxygen atoms in total. The molecule has 10 heteroatoms. The monoisotopic (exact) mass is 470 g/mol. The predicted octanol–water partition coefficient (Wildman–Crippen LogP) is 1.54. The molecular formula is C21H32Cl2N6O2. The summed E-state index contributed by atoms with van der Waals surface area (Å²) in [4.78, 5) is 26.4. The second-order valence-corrected chi connectivity index (χ2v) is 7.68. The van der Waals surface area contributed by atoms with Crippen LogP contribution in [-0.4, -0.2) is 46.6 Å². The molecule has 2 aromatic rings. The van der Waals surface area contributed by atoms with Gasteiger partial charge in [0.25, 0.3) is 0 Å². The number of nitrogens with two attached hydrogens (primary N) is 1. The van der Waals surface area contributed by atoms with E-state index in [9.17, 15) is 9.59 Å². The molecule has 0 saturated carbocycles. The molecule has 0 spiro atoms. The number of nitrogens with zero attached hydrogens (tertiary/aromatic N) is 3. The van der Waals surface area contributed by atoms with E-state index in [2.05, 4.69) is 32.8 Å². The summed E-state index contributed by atoms with van der Waals surface area (Å²) < 4.78 is 1.68. The van der Waals surface area contributed by atoms with E-state index >= 15 is 0 Å². The Labute approximate surface area is 195 Å². The van der Waals surface area contributed by atoms with Crippen molar-refractivity contribution in [3.05, 3.63) is 53.3 Å². The van der Waals surface area contributed by atoms with Crippen molar-refractivity contribution in [2.24, 2.45) is 18.7 Å². The lowest BCUT2D eigenvalue weighted by molar-refractivity contribution is -0.124. The quantitative estimate of drug-likeness (QED) is 0.542. The van der Waals surface area contributed by atoms with E-state index in [0.717, 1.165) is 37.1 Å². The van der Waals surface area contributed by atoms with Crippen LogP contribution in [0.15, 0.2) is 36.7 Å². The Morgan fingerprint density at radius 1 is 1.29 bits per heavy atom. The molecule has 0 bridgehead atoms. The zero-order chi connectivity index (χ0) is 20.8. The number of primary amides is 1. The molecule has 2 amide bonds. The van der Waals surface area contributed by atoms with Gasteiger partial charge in [-0.1, -0.05) is 24.3 Å². The minimum atomic E-state index is -0.439. The molecular weight excluding hydrogens is 439 g/mol. The number of likely N-dealkylation sites (N-methyl/N-ethyl adjacent to an activating group) is 1. The number of carbonyl (C=O) groups excluding carboxylic acids is 2. The van der Waals surface area contributed by atoms with E-state index in [-0.39, 0.29) is 42.5 Å². The van der Waals surface area contributed by atoms with Crippen LogP contribution in [0.1, 0.15) is 35.6 Å². The number of hydrogen-bond acceptors (Lipinski definition) is 5. The molecule has 1 aliphatic heterocycles. The van der Waals surface area contributed by atoms with E-state index in [1.807, 2.05) is 25.4 Å². The van der Waals surface area contributed by atoms with Gasteiger partial charge in [-0.15, -0.1) is 24.8 Å². The van der Waals surface area contributed by atoms with Crippen molar-refractivity contribution in [3.63, 3.8) is 0 Å². The lowest BCUT2D eigenvalue weighted by atomic mass is 9.97. The number of halogens is 2. The first-order valence-electron chi connectivity index (χ1n) is 9.99. The van der Waals surface area contributed by atoms with Crippen LogP contribution < -0.4 is 16.4 Å². The van der Waals surface area contributed by atoms with Crippen LogP contribution in [0.4, 0.5) is 0 Å². The van der Waals surface area contributed by atoms with Crippen molar-refractivity contribution >= 4 is 36.6 Å². The van der Waals surface area contributed by atoms with Gasteiger partial charge in [-0.3, -0.25) is 19.2 Å². The average Bonchev–Trinajstić information content (AvgIpc) is 3.13. The molecule has 1 aromatic heterocycles. The predicted molar refractivity (Wildman–Crippen MR) is 125 cm³/mol. The van der Waals surface area contributed by atoms with Crippen molar-refractivity contribution in [3.8, 4) is 0 Å². The van der Waals surface area contributed by atoms with Gasteiger partial charge in [0.05, 0.1) is 12.1 Å². The van der Waals surface area contributed by atoms with Gasteiger partial charge >= 0.3 is 0 Å². The largest absolute Gasteiger partial charge is 0.369 e. The molecule has 0 aliphatic carbocycles. The number of nitrogens with one attached hydrogen (secondary N) is 2. The van der Waals surface area contributed by atoms with Gasteiger partial charge in [0, 0.05) is 38.4 Å². The molecule has 1 aromatic carbocycles. The van der Waals surface area contributed by atoms with Crippen molar-refractivity contribution < 1.29 is 9.59 Å². The maximum absolute atomic E-state index is 12.6. The van der Waals surface area contributed by atoms with E-state index in [1.165, 1.54) is 5.56 Å². The van der Waals surface area contributed by atoms with Crippen molar-refractivity contribution in [1.29, 1.82) is 0 Å². The van der Waals surface area contributed by atoms with E-state index < -0.39 is 6.04 Å². The SMILES string of the molecule is CNC(C(=O)NCc1cccc(CN2CCCC(C(N)=O)C2)c1)c1cnn(C)c1.Cl.Cl. The fraction of sp³-hybridized carbons (Fsp3) is 0.476. The molecule has 0 radical (unpaired) electrons. The molecule has 3 rings (SSSR count). The van der Waals surface area contributed by atoms with Gasteiger partial charge in [-0.05, 0) is 37.6 Å². The van der Waals surface area contributed by atoms with Crippen LogP contribution in [0, 0.1) is 5.92 Å². The van der Waals surface area contributed by atoms with Gasteiger partial charge in [-0.25, -0.2) is 0 Å². The number of aromatic nitrogens is 2. The van der Waals surface area contributed by atoms with Gasteiger partial charge < -0.3 is 16.4 Å². The Hall–Kier alpha value is -2.13. The molecule has 1 fully saturated rings. The fourth-order valence-electron chi connectivity index (χ4n) is 3.86. The summed E-state index contributed by atoms with van der Waals surface area (Å²) in [6, 6.07) is 7.75. The zero-order valence-corrected chi connectivity index (χ0v) is 19.5. The number of hydrogen-bond donors (Lipinski definition) is 3. The topological polar surface area (TPSA) is 105 Å². The number of aryl methyl sites for hydroxylation is 1. The number of likely N-dealkylation sites (tertiary alicyclic amines) is 1. The van der Waals surface area contributed by atoms with Crippen LogP contribution in [0.3, 0.4) is 0 Å². The molecule has 172 valence electrons. The Bertz CT molecular complexity index is 860. The van der Waals surface area contributed by atoms with Crippen LogP contribution in [-0.2, 0) is 29.7 Å². The maximum atomic E-state index is 12.6. The van der Waals surface area contributed by atoms with Crippen molar-refractivity contribution in [2.45, 2.75) is 32.0 Å². The molecule has 2 heterocycles. The summed E-state index contributed by atoms with van der Waals surface area (Å²) in [6.07, 6.45) is 5.39. The number of benzene rings is 1. The highest BCUT2D eigenvalue weighted by Crippen LogP contribution is 2.19. The maximum Gasteiger partial charge on any atom is 0.242 e. The van der Waals surface area contributed by atoms with Gasteiger partial charge in [0.1, 0.15) is 6.04 Å². The van der Waals surface area contributed by atoms with Crippen LogP contribution in [0.25, 0.3) is 0 Å². The highest BCUT2D eigenvalue weighted by atomic mass is 35.5. The molecule has 2 unspecified atom stereocenters. The lowest BCUT2D eigenvalue weighted by Gasteiger charge is -2.31. The first kappa shape index (κ1) is 26.9. The third-order valence-electron chi connectivity index (χ3n) is 5.38. The van der Waals surface area contributed by atoms with Crippen LogP contribution >= 0.6 is 24.8 Å². The second kappa shape index (κ2) is 12.7. The first-order chi connectivity index (χ1) is 14.0. The summed E-state index contributed by atoms with van der Waals surface area (Å²) in [5.41, 5.74) is 8.51. The third-order valence-corrected chi connectivity index (χ3v) is 5.38. The van der Waals surface area contributed by atoms with Crippen LogP contribution in [0.2, 0.25) is 0 Å². The van der Waals surface area contributed by atoms with Gasteiger partial charge in [0.15, 0.2) is 0 Å².